The molecule has 2 aromatic heterocycles. The Morgan fingerprint density at radius 2 is 1.97 bits per heavy atom. The summed E-state index contributed by atoms with van der Waals surface area (Å²) in [4.78, 5) is 37.9. The third kappa shape index (κ3) is 7.20. The Labute approximate surface area is 225 Å². The molecule has 14 heteroatoms. The molecule has 3 heterocycles. The number of morpholine rings is 1. The third-order valence-electron chi connectivity index (χ3n) is 5.94. The fourth-order valence-corrected chi connectivity index (χ4v) is 4.63. The number of hydrogen-bond acceptors (Lipinski definition) is 8. The van der Waals surface area contributed by atoms with Crippen molar-refractivity contribution >= 4 is 23.3 Å². The molecule has 2 amide bonds. The van der Waals surface area contributed by atoms with Gasteiger partial charge in [0.2, 0.25) is 5.82 Å². The van der Waals surface area contributed by atoms with Crippen molar-refractivity contribution < 1.29 is 37.3 Å². The number of aryl methyl sites for hydroxylation is 1. The minimum atomic E-state index is -4.66. The standard InChI is InChI=1S/C25H26F3N5O5S/c1-3-20-11-29-22(39-20)16-6-15(7-18(8-16)38-13-19-12-33(24(35)36)4-5-37-19)21(34)32-14(2)17-9-30-23(31-10-17)25(26,27)28/h6-11,14,19H,3-5,12-13H2,1-2H3,(H,32,34)(H,35,36)/t14?,19-/m1/s1. The number of carbonyl (C=O) groups is 2. The van der Waals surface area contributed by atoms with E-state index in [0.717, 1.165) is 23.7 Å². The van der Waals surface area contributed by atoms with Crippen LogP contribution < -0.4 is 10.1 Å². The fourth-order valence-electron chi connectivity index (χ4n) is 3.80. The number of rotatable bonds is 8. The Bertz CT molecular complexity index is 1320. The molecule has 0 bridgehead atoms. The molecule has 208 valence electrons. The average molecular weight is 566 g/mol. The van der Waals surface area contributed by atoms with Crippen molar-refractivity contribution in [2.45, 2.75) is 38.6 Å². The van der Waals surface area contributed by atoms with Crippen LogP contribution in [0.1, 0.15) is 46.5 Å². The largest absolute Gasteiger partial charge is 0.491 e. The van der Waals surface area contributed by atoms with Gasteiger partial charge in [-0.2, -0.15) is 13.2 Å². The van der Waals surface area contributed by atoms with Crippen molar-refractivity contribution in [1.82, 2.24) is 25.2 Å². The van der Waals surface area contributed by atoms with Crippen LogP contribution in [0.25, 0.3) is 10.6 Å². The van der Waals surface area contributed by atoms with Crippen molar-refractivity contribution in [3.05, 3.63) is 58.6 Å². The summed E-state index contributed by atoms with van der Waals surface area (Å²) in [5.41, 5.74) is 1.19. The summed E-state index contributed by atoms with van der Waals surface area (Å²) in [6, 6.07) is 4.23. The first-order valence-electron chi connectivity index (χ1n) is 12.1. The normalized spacial score (nSPS) is 16.5. The first-order chi connectivity index (χ1) is 18.5. The molecule has 1 aliphatic heterocycles. The second kappa shape index (κ2) is 11.9. The van der Waals surface area contributed by atoms with Crippen LogP contribution in [0.5, 0.6) is 5.75 Å². The summed E-state index contributed by atoms with van der Waals surface area (Å²) < 4.78 is 49.9. The van der Waals surface area contributed by atoms with Crippen molar-refractivity contribution in [3.8, 4) is 16.3 Å². The van der Waals surface area contributed by atoms with Gasteiger partial charge in [0.1, 0.15) is 23.5 Å². The highest BCUT2D eigenvalue weighted by Crippen LogP contribution is 2.31. The zero-order valence-corrected chi connectivity index (χ0v) is 21.9. The molecule has 1 fully saturated rings. The zero-order chi connectivity index (χ0) is 28.2. The number of thiazole rings is 1. The van der Waals surface area contributed by atoms with E-state index in [0.29, 0.717) is 21.9 Å². The molecule has 1 saturated heterocycles. The molecule has 0 aliphatic carbocycles. The molecule has 2 N–H and O–H groups in total. The van der Waals surface area contributed by atoms with Crippen molar-refractivity contribution in [3.63, 3.8) is 0 Å². The number of amides is 2. The Hall–Kier alpha value is -3.78. The highest BCUT2D eigenvalue weighted by molar-refractivity contribution is 7.15. The van der Waals surface area contributed by atoms with E-state index < -0.39 is 36.1 Å². The lowest BCUT2D eigenvalue weighted by Gasteiger charge is -2.30. The summed E-state index contributed by atoms with van der Waals surface area (Å²) in [7, 11) is 0. The molecule has 10 nitrogen and oxygen atoms in total. The van der Waals surface area contributed by atoms with Crippen LogP contribution in [0.15, 0.2) is 36.8 Å². The number of alkyl halides is 3. The van der Waals surface area contributed by atoms with Crippen LogP contribution in [0.4, 0.5) is 18.0 Å². The maximum atomic E-state index is 13.2. The highest BCUT2D eigenvalue weighted by Gasteiger charge is 2.34. The minimum Gasteiger partial charge on any atom is -0.491 e. The minimum absolute atomic E-state index is 0.0612. The molecular formula is C25H26F3N5O5S. The van der Waals surface area contributed by atoms with E-state index in [9.17, 15) is 27.9 Å². The van der Waals surface area contributed by atoms with Gasteiger partial charge in [-0.3, -0.25) is 4.79 Å². The van der Waals surface area contributed by atoms with Gasteiger partial charge in [-0.25, -0.2) is 19.7 Å². The van der Waals surface area contributed by atoms with E-state index in [-0.39, 0.29) is 31.9 Å². The molecule has 2 atom stereocenters. The molecule has 1 aliphatic rings. The quantitative estimate of drug-likeness (QED) is 0.411. The van der Waals surface area contributed by atoms with Crippen molar-refractivity contribution in [2.75, 3.05) is 26.3 Å². The van der Waals surface area contributed by atoms with Gasteiger partial charge in [0.05, 0.1) is 19.2 Å². The third-order valence-corrected chi connectivity index (χ3v) is 7.13. The number of benzene rings is 1. The molecule has 0 spiro atoms. The van der Waals surface area contributed by atoms with E-state index >= 15 is 0 Å². The van der Waals surface area contributed by atoms with Gasteiger partial charge in [0.25, 0.3) is 5.91 Å². The number of halogens is 3. The van der Waals surface area contributed by atoms with Gasteiger partial charge in [-0.15, -0.1) is 11.3 Å². The van der Waals surface area contributed by atoms with Crippen LogP contribution >= 0.6 is 11.3 Å². The van der Waals surface area contributed by atoms with Gasteiger partial charge in [0.15, 0.2) is 0 Å². The summed E-state index contributed by atoms with van der Waals surface area (Å²) >= 11 is 1.48. The maximum Gasteiger partial charge on any atom is 0.451 e. The Morgan fingerprint density at radius 3 is 2.62 bits per heavy atom. The Kier molecular flexibility index (Phi) is 8.65. The van der Waals surface area contributed by atoms with Crippen molar-refractivity contribution in [2.24, 2.45) is 0 Å². The van der Waals surface area contributed by atoms with E-state index in [4.69, 9.17) is 9.47 Å². The number of carboxylic acid groups (broad SMARTS) is 1. The lowest BCUT2D eigenvalue weighted by Crippen LogP contribution is -2.47. The van der Waals surface area contributed by atoms with Gasteiger partial charge in [-0.05, 0) is 31.5 Å². The molecule has 1 aromatic carbocycles. The van der Waals surface area contributed by atoms with Crippen molar-refractivity contribution in [1.29, 1.82) is 0 Å². The maximum absolute atomic E-state index is 13.2. The predicted octanol–water partition coefficient (Wildman–Crippen LogP) is 4.43. The molecule has 0 radical (unpaired) electrons. The van der Waals surface area contributed by atoms with Crippen LogP contribution in [0, 0.1) is 0 Å². The second-order valence-electron chi connectivity index (χ2n) is 8.80. The highest BCUT2D eigenvalue weighted by atomic mass is 32.1. The first kappa shape index (κ1) is 28.2. The molecular weight excluding hydrogens is 539 g/mol. The lowest BCUT2D eigenvalue weighted by atomic mass is 10.1. The number of ether oxygens (including phenoxy) is 2. The SMILES string of the molecule is CCc1cnc(-c2cc(OC[C@H]3CN(C(=O)O)CCO3)cc(C(=O)NC(C)c3cnc(C(F)(F)F)nc3)c2)s1. The van der Waals surface area contributed by atoms with E-state index in [1.165, 1.54) is 22.3 Å². The topological polar surface area (TPSA) is 127 Å². The van der Waals surface area contributed by atoms with Gasteiger partial charge < -0.3 is 24.8 Å². The van der Waals surface area contributed by atoms with Crippen LogP contribution in [-0.2, 0) is 17.3 Å². The van der Waals surface area contributed by atoms with Crippen LogP contribution in [-0.4, -0.2) is 69.4 Å². The molecule has 1 unspecified atom stereocenters. The molecule has 3 aromatic rings. The van der Waals surface area contributed by atoms with Crippen LogP contribution in [0.2, 0.25) is 0 Å². The monoisotopic (exact) mass is 565 g/mol. The summed E-state index contributed by atoms with van der Waals surface area (Å²) in [5, 5.41) is 12.7. The van der Waals surface area contributed by atoms with E-state index in [1.54, 1.807) is 25.3 Å². The molecule has 0 saturated carbocycles. The predicted molar refractivity (Wildman–Crippen MR) is 135 cm³/mol. The summed E-state index contributed by atoms with van der Waals surface area (Å²) in [6.45, 7) is 4.35. The fraction of sp³-hybridized carbons (Fsp3) is 0.400. The molecule has 4 rings (SSSR count). The summed E-state index contributed by atoms with van der Waals surface area (Å²) in [6.07, 6.45) is -1.57. The first-order valence-corrected chi connectivity index (χ1v) is 12.9. The van der Waals surface area contributed by atoms with E-state index in [2.05, 4.69) is 20.3 Å². The molecule has 39 heavy (non-hydrogen) atoms. The average Bonchev–Trinajstić information content (AvgIpc) is 3.41. The van der Waals surface area contributed by atoms with Crippen LogP contribution in [0.3, 0.4) is 0 Å². The number of nitrogens with zero attached hydrogens (tertiary/aromatic N) is 4. The smallest absolute Gasteiger partial charge is 0.451 e. The van der Waals surface area contributed by atoms with Gasteiger partial charge in [-0.1, -0.05) is 6.92 Å². The van der Waals surface area contributed by atoms with Gasteiger partial charge >= 0.3 is 12.3 Å². The Morgan fingerprint density at radius 1 is 1.23 bits per heavy atom. The summed E-state index contributed by atoms with van der Waals surface area (Å²) in [5.74, 6) is -1.40. The lowest BCUT2D eigenvalue weighted by molar-refractivity contribution is -0.145. The van der Waals surface area contributed by atoms with Gasteiger partial charge in [0, 0.05) is 46.7 Å². The number of carbonyl (C=O) groups excluding carboxylic acids is 1. The number of aromatic nitrogens is 3. The number of hydrogen-bond donors (Lipinski definition) is 2. The number of nitrogens with one attached hydrogen (secondary N) is 1. The second-order valence-corrected chi connectivity index (χ2v) is 9.91. The van der Waals surface area contributed by atoms with E-state index in [1.807, 2.05) is 6.92 Å². The Balaban J connectivity index is 1.53. The zero-order valence-electron chi connectivity index (χ0n) is 21.1.